The highest BCUT2D eigenvalue weighted by molar-refractivity contribution is 7.89. The molecule has 10 heteroatoms. The lowest BCUT2D eigenvalue weighted by Gasteiger charge is -2.15. The molecule has 0 spiro atoms. The molecule has 8 nitrogen and oxygen atoms in total. The minimum absolute atomic E-state index is 0.213. The lowest BCUT2D eigenvalue weighted by molar-refractivity contribution is -0.118. The SMILES string of the molecule is O=C(COc1ncnc2sccc12)Nc1ccc(S(=O)(=O)N2CCCC2)cc1. The summed E-state index contributed by atoms with van der Waals surface area (Å²) in [6, 6.07) is 7.99. The average Bonchev–Trinajstić information content (AvgIpc) is 3.39. The second kappa shape index (κ2) is 7.82. The monoisotopic (exact) mass is 418 g/mol. The number of ether oxygens (including phenoxy) is 1. The van der Waals surface area contributed by atoms with Gasteiger partial charge in [0.15, 0.2) is 6.61 Å². The minimum atomic E-state index is -3.46. The molecule has 3 aromatic rings. The Morgan fingerprint density at radius 2 is 1.89 bits per heavy atom. The number of amides is 1. The highest BCUT2D eigenvalue weighted by Crippen LogP contribution is 2.25. The first kappa shape index (κ1) is 18.8. The molecule has 1 saturated heterocycles. The van der Waals surface area contributed by atoms with E-state index in [2.05, 4.69) is 15.3 Å². The van der Waals surface area contributed by atoms with Crippen LogP contribution in [0.3, 0.4) is 0 Å². The fourth-order valence-corrected chi connectivity index (χ4v) is 5.24. The first-order valence-electron chi connectivity index (χ1n) is 8.75. The predicted molar refractivity (Wildman–Crippen MR) is 106 cm³/mol. The molecule has 1 N–H and O–H groups in total. The topological polar surface area (TPSA) is 101 Å². The van der Waals surface area contributed by atoms with E-state index in [0.717, 1.165) is 23.1 Å². The maximum atomic E-state index is 12.5. The maximum Gasteiger partial charge on any atom is 0.262 e. The molecule has 1 aliphatic rings. The molecule has 1 aromatic carbocycles. The standard InChI is InChI=1S/C18H18N4O4S2/c23-16(11-26-17-15-7-10-27-18(15)20-12-19-17)21-13-3-5-14(6-4-13)28(24,25)22-8-1-2-9-22/h3-7,10,12H,1-2,8-9,11H2,(H,21,23). The van der Waals surface area contributed by atoms with Crippen molar-refractivity contribution in [1.29, 1.82) is 0 Å². The number of rotatable bonds is 6. The fraction of sp³-hybridized carbons (Fsp3) is 0.278. The van der Waals surface area contributed by atoms with E-state index < -0.39 is 10.0 Å². The van der Waals surface area contributed by atoms with Crippen LogP contribution in [0.4, 0.5) is 5.69 Å². The molecule has 0 unspecified atom stereocenters. The van der Waals surface area contributed by atoms with Crippen molar-refractivity contribution in [3.05, 3.63) is 42.0 Å². The smallest absolute Gasteiger partial charge is 0.262 e. The van der Waals surface area contributed by atoms with Crippen molar-refractivity contribution in [2.45, 2.75) is 17.7 Å². The number of fused-ring (bicyclic) bond motifs is 1. The molecular formula is C18H18N4O4S2. The van der Waals surface area contributed by atoms with E-state index in [4.69, 9.17) is 4.74 Å². The number of benzene rings is 1. The number of aromatic nitrogens is 2. The average molecular weight is 419 g/mol. The molecule has 4 rings (SSSR count). The first-order valence-corrected chi connectivity index (χ1v) is 11.1. The summed E-state index contributed by atoms with van der Waals surface area (Å²) >= 11 is 1.47. The van der Waals surface area contributed by atoms with Gasteiger partial charge in [0.25, 0.3) is 5.91 Å². The fourth-order valence-electron chi connectivity index (χ4n) is 3.00. The zero-order valence-corrected chi connectivity index (χ0v) is 16.5. The summed E-state index contributed by atoms with van der Waals surface area (Å²) in [5, 5.41) is 5.33. The molecule has 0 aliphatic carbocycles. The van der Waals surface area contributed by atoms with Crippen LogP contribution in [-0.2, 0) is 14.8 Å². The molecule has 2 aromatic heterocycles. The van der Waals surface area contributed by atoms with Crippen molar-refractivity contribution >= 4 is 43.2 Å². The molecule has 1 aliphatic heterocycles. The molecule has 3 heterocycles. The summed E-state index contributed by atoms with van der Waals surface area (Å²) in [6.45, 7) is 0.896. The number of hydrogen-bond acceptors (Lipinski definition) is 7. The number of carbonyl (C=O) groups excluding carboxylic acids is 1. The molecule has 0 radical (unpaired) electrons. The van der Waals surface area contributed by atoms with Crippen LogP contribution in [-0.4, -0.2) is 48.3 Å². The van der Waals surface area contributed by atoms with Crippen LogP contribution in [0.5, 0.6) is 5.88 Å². The summed E-state index contributed by atoms with van der Waals surface area (Å²) < 4.78 is 32.0. The Hall–Kier alpha value is -2.56. The van der Waals surface area contributed by atoms with Gasteiger partial charge < -0.3 is 10.1 Å². The van der Waals surface area contributed by atoms with Crippen molar-refractivity contribution in [3.63, 3.8) is 0 Å². The highest BCUT2D eigenvalue weighted by Gasteiger charge is 2.26. The second-order valence-corrected chi connectivity index (χ2v) is 9.12. The Balaban J connectivity index is 1.37. The first-order chi connectivity index (χ1) is 13.5. The van der Waals surface area contributed by atoms with E-state index >= 15 is 0 Å². The number of carbonyl (C=O) groups is 1. The van der Waals surface area contributed by atoms with Crippen LogP contribution >= 0.6 is 11.3 Å². The molecule has 146 valence electrons. The van der Waals surface area contributed by atoms with Gasteiger partial charge in [0, 0.05) is 18.8 Å². The third-order valence-electron chi connectivity index (χ3n) is 4.41. The van der Waals surface area contributed by atoms with Gasteiger partial charge >= 0.3 is 0 Å². The van der Waals surface area contributed by atoms with Gasteiger partial charge in [0.2, 0.25) is 15.9 Å². The Morgan fingerprint density at radius 1 is 1.14 bits per heavy atom. The zero-order chi connectivity index (χ0) is 19.6. The van der Waals surface area contributed by atoms with Crippen molar-refractivity contribution < 1.29 is 17.9 Å². The molecule has 1 fully saturated rings. The number of anilines is 1. The number of nitrogens with one attached hydrogen (secondary N) is 1. The van der Waals surface area contributed by atoms with Gasteiger partial charge in [-0.1, -0.05) is 0 Å². The van der Waals surface area contributed by atoms with E-state index in [9.17, 15) is 13.2 Å². The van der Waals surface area contributed by atoms with Crippen molar-refractivity contribution in [1.82, 2.24) is 14.3 Å². The second-order valence-electron chi connectivity index (χ2n) is 6.29. The Labute approximate surface area is 166 Å². The van der Waals surface area contributed by atoms with E-state index in [1.54, 1.807) is 12.1 Å². The largest absolute Gasteiger partial charge is 0.467 e. The van der Waals surface area contributed by atoms with E-state index in [-0.39, 0.29) is 17.4 Å². The number of thiophene rings is 1. The van der Waals surface area contributed by atoms with Crippen LogP contribution in [0.2, 0.25) is 0 Å². The van der Waals surface area contributed by atoms with Crippen LogP contribution in [0.25, 0.3) is 10.2 Å². The van der Waals surface area contributed by atoms with E-state index in [1.807, 2.05) is 11.4 Å². The van der Waals surface area contributed by atoms with Crippen molar-refractivity contribution in [3.8, 4) is 5.88 Å². The summed E-state index contributed by atoms with van der Waals surface area (Å²) in [5.41, 5.74) is 0.498. The van der Waals surface area contributed by atoms with E-state index in [0.29, 0.717) is 24.7 Å². The molecule has 0 saturated carbocycles. The lowest BCUT2D eigenvalue weighted by Crippen LogP contribution is -2.27. The lowest BCUT2D eigenvalue weighted by atomic mass is 10.3. The quantitative estimate of drug-likeness (QED) is 0.660. The summed E-state index contributed by atoms with van der Waals surface area (Å²) in [4.78, 5) is 21.3. The summed E-state index contributed by atoms with van der Waals surface area (Å²) in [6.07, 6.45) is 3.17. The molecule has 0 atom stereocenters. The summed E-state index contributed by atoms with van der Waals surface area (Å²) in [5.74, 6) is -0.00871. The Kier molecular flexibility index (Phi) is 5.25. The van der Waals surface area contributed by atoms with E-state index in [1.165, 1.54) is 34.1 Å². The van der Waals surface area contributed by atoms with Crippen LogP contribution < -0.4 is 10.1 Å². The van der Waals surface area contributed by atoms with Gasteiger partial charge in [-0.3, -0.25) is 4.79 Å². The molecular weight excluding hydrogens is 400 g/mol. The predicted octanol–water partition coefficient (Wildman–Crippen LogP) is 2.49. The summed E-state index contributed by atoms with van der Waals surface area (Å²) in [7, 11) is -3.46. The third-order valence-corrected chi connectivity index (χ3v) is 7.14. The van der Waals surface area contributed by atoms with Gasteiger partial charge in [-0.05, 0) is 48.6 Å². The van der Waals surface area contributed by atoms with Crippen LogP contribution in [0.1, 0.15) is 12.8 Å². The minimum Gasteiger partial charge on any atom is -0.467 e. The van der Waals surface area contributed by atoms with Gasteiger partial charge in [0.05, 0.1) is 10.3 Å². The third kappa shape index (κ3) is 3.84. The highest BCUT2D eigenvalue weighted by atomic mass is 32.2. The Bertz CT molecular complexity index is 1090. The van der Waals surface area contributed by atoms with Crippen molar-refractivity contribution in [2.75, 3.05) is 25.0 Å². The van der Waals surface area contributed by atoms with Crippen LogP contribution in [0, 0.1) is 0 Å². The number of sulfonamides is 1. The van der Waals surface area contributed by atoms with Gasteiger partial charge in [0.1, 0.15) is 11.2 Å². The molecule has 0 bridgehead atoms. The van der Waals surface area contributed by atoms with Gasteiger partial charge in [-0.15, -0.1) is 11.3 Å². The Morgan fingerprint density at radius 3 is 2.64 bits per heavy atom. The van der Waals surface area contributed by atoms with Gasteiger partial charge in [-0.2, -0.15) is 4.31 Å². The normalized spacial score (nSPS) is 15.0. The maximum absolute atomic E-state index is 12.5. The number of hydrogen-bond donors (Lipinski definition) is 1. The number of nitrogens with zero attached hydrogens (tertiary/aromatic N) is 3. The van der Waals surface area contributed by atoms with Gasteiger partial charge in [-0.25, -0.2) is 18.4 Å². The molecule has 28 heavy (non-hydrogen) atoms. The van der Waals surface area contributed by atoms with Crippen LogP contribution in [0.15, 0.2) is 46.9 Å². The molecule has 1 amide bonds. The van der Waals surface area contributed by atoms with Crippen molar-refractivity contribution in [2.24, 2.45) is 0 Å². The zero-order valence-electron chi connectivity index (χ0n) is 14.9.